The predicted molar refractivity (Wildman–Crippen MR) is 67.8 cm³/mol. The van der Waals surface area contributed by atoms with E-state index < -0.39 is 11.8 Å². The molecule has 0 radical (unpaired) electrons. The van der Waals surface area contributed by atoms with Gasteiger partial charge in [0, 0.05) is 12.2 Å². The molecule has 4 heteroatoms. The quantitative estimate of drug-likeness (QED) is 0.613. The van der Waals surface area contributed by atoms with Crippen molar-refractivity contribution in [2.75, 3.05) is 11.9 Å². The number of carbonyl (C=O) groups excluding carboxylic acids is 2. The number of nitrogens with one attached hydrogen (secondary N) is 2. The van der Waals surface area contributed by atoms with Gasteiger partial charge in [-0.25, -0.2) is 0 Å². The van der Waals surface area contributed by atoms with Gasteiger partial charge in [-0.3, -0.25) is 9.59 Å². The van der Waals surface area contributed by atoms with Crippen LogP contribution in [0.5, 0.6) is 0 Å². The summed E-state index contributed by atoms with van der Waals surface area (Å²) >= 11 is 0. The van der Waals surface area contributed by atoms with Crippen molar-refractivity contribution in [3.63, 3.8) is 0 Å². The van der Waals surface area contributed by atoms with Crippen LogP contribution in [-0.2, 0) is 9.59 Å². The predicted octanol–water partition coefficient (Wildman–Crippen LogP) is 1.54. The molecule has 0 unspecified atom stereocenters. The maximum Gasteiger partial charge on any atom is 0.313 e. The second kappa shape index (κ2) is 5.84. The fourth-order valence-corrected chi connectivity index (χ4v) is 1.38. The number of benzene rings is 1. The molecule has 0 bridgehead atoms. The third kappa shape index (κ3) is 3.75. The minimum atomic E-state index is -0.668. The van der Waals surface area contributed by atoms with E-state index in [-0.39, 0.29) is 6.54 Å². The Morgan fingerprint density at radius 1 is 1.29 bits per heavy atom. The SMILES string of the molecule is C=CCNC(=O)C(=O)Nc1ccc(C)cc1C. The average molecular weight is 232 g/mol. The van der Waals surface area contributed by atoms with Crippen LogP contribution in [0, 0.1) is 13.8 Å². The summed E-state index contributed by atoms with van der Waals surface area (Å²) in [5.74, 6) is -1.33. The van der Waals surface area contributed by atoms with Crippen molar-refractivity contribution in [3.05, 3.63) is 42.0 Å². The van der Waals surface area contributed by atoms with E-state index in [9.17, 15) is 9.59 Å². The third-order valence-corrected chi connectivity index (χ3v) is 2.24. The second-order valence-electron chi connectivity index (χ2n) is 3.77. The lowest BCUT2D eigenvalue weighted by molar-refractivity contribution is -0.136. The first kappa shape index (κ1) is 13.0. The Bertz CT molecular complexity index is 453. The number of aryl methyl sites for hydroxylation is 2. The summed E-state index contributed by atoms with van der Waals surface area (Å²) in [4.78, 5) is 22.8. The topological polar surface area (TPSA) is 58.2 Å². The van der Waals surface area contributed by atoms with E-state index in [4.69, 9.17) is 0 Å². The van der Waals surface area contributed by atoms with Crippen LogP contribution < -0.4 is 10.6 Å². The van der Waals surface area contributed by atoms with Gasteiger partial charge >= 0.3 is 11.8 Å². The number of hydrogen-bond donors (Lipinski definition) is 2. The number of rotatable bonds is 3. The Labute approximate surface area is 101 Å². The number of anilines is 1. The van der Waals surface area contributed by atoms with Crippen molar-refractivity contribution in [2.24, 2.45) is 0 Å². The molecule has 0 atom stereocenters. The Morgan fingerprint density at radius 3 is 2.59 bits per heavy atom. The van der Waals surface area contributed by atoms with Crippen molar-refractivity contribution in [1.29, 1.82) is 0 Å². The molecule has 0 saturated carbocycles. The zero-order valence-electron chi connectivity index (χ0n) is 10.0. The molecule has 0 aliphatic rings. The molecule has 0 heterocycles. The Kier molecular flexibility index (Phi) is 4.46. The van der Waals surface area contributed by atoms with E-state index in [2.05, 4.69) is 17.2 Å². The summed E-state index contributed by atoms with van der Waals surface area (Å²) in [5.41, 5.74) is 2.68. The lowest BCUT2D eigenvalue weighted by Gasteiger charge is -2.08. The molecule has 0 saturated heterocycles. The fraction of sp³-hybridized carbons (Fsp3) is 0.231. The molecule has 0 aromatic heterocycles. The van der Waals surface area contributed by atoms with E-state index in [1.54, 1.807) is 6.07 Å². The van der Waals surface area contributed by atoms with Crippen LogP contribution in [0.2, 0.25) is 0 Å². The van der Waals surface area contributed by atoms with Gasteiger partial charge in [0.25, 0.3) is 0 Å². The van der Waals surface area contributed by atoms with E-state index in [1.807, 2.05) is 26.0 Å². The molecule has 4 nitrogen and oxygen atoms in total. The summed E-state index contributed by atoms with van der Waals surface area (Å²) < 4.78 is 0. The summed E-state index contributed by atoms with van der Waals surface area (Å²) in [6, 6.07) is 5.60. The number of amides is 2. The highest BCUT2D eigenvalue weighted by Crippen LogP contribution is 2.15. The Morgan fingerprint density at radius 2 is 2.00 bits per heavy atom. The van der Waals surface area contributed by atoms with Gasteiger partial charge in [0.2, 0.25) is 0 Å². The van der Waals surface area contributed by atoms with E-state index in [1.165, 1.54) is 6.08 Å². The van der Waals surface area contributed by atoms with Gasteiger partial charge in [0.1, 0.15) is 0 Å². The van der Waals surface area contributed by atoms with E-state index in [0.29, 0.717) is 5.69 Å². The third-order valence-electron chi connectivity index (χ3n) is 2.24. The molecule has 0 aliphatic heterocycles. The Hall–Kier alpha value is -2.10. The molecule has 17 heavy (non-hydrogen) atoms. The van der Waals surface area contributed by atoms with Crippen LogP contribution in [0.3, 0.4) is 0 Å². The number of hydrogen-bond acceptors (Lipinski definition) is 2. The highest BCUT2D eigenvalue weighted by atomic mass is 16.2. The van der Waals surface area contributed by atoms with Crippen molar-refractivity contribution in [1.82, 2.24) is 5.32 Å². The highest BCUT2D eigenvalue weighted by Gasteiger charge is 2.13. The van der Waals surface area contributed by atoms with Gasteiger partial charge in [0.15, 0.2) is 0 Å². The first-order valence-electron chi connectivity index (χ1n) is 5.32. The van der Waals surface area contributed by atoms with Crippen LogP contribution >= 0.6 is 0 Å². The molecule has 90 valence electrons. The van der Waals surface area contributed by atoms with E-state index in [0.717, 1.165) is 11.1 Å². The van der Waals surface area contributed by atoms with E-state index >= 15 is 0 Å². The largest absolute Gasteiger partial charge is 0.344 e. The van der Waals surface area contributed by atoms with Crippen LogP contribution in [0.4, 0.5) is 5.69 Å². The standard InChI is InChI=1S/C13H16N2O2/c1-4-7-14-12(16)13(17)15-11-6-5-9(2)8-10(11)3/h4-6,8H,1,7H2,2-3H3,(H,14,16)(H,15,17). The van der Waals surface area contributed by atoms with Gasteiger partial charge in [-0.2, -0.15) is 0 Å². The molecule has 2 N–H and O–H groups in total. The monoisotopic (exact) mass is 232 g/mol. The molecule has 0 fully saturated rings. The van der Waals surface area contributed by atoms with Crippen molar-refractivity contribution < 1.29 is 9.59 Å². The lowest BCUT2D eigenvalue weighted by atomic mass is 10.1. The fourth-order valence-electron chi connectivity index (χ4n) is 1.38. The van der Waals surface area contributed by atoms with Gasteiger partial charge in [-0.15, -0.1) is 6.58 Å². The molecule has 0 aliphatic carbocycles. The zero-order valence-corrected chi connectivity index (χ0v) is 10.0. The minimum Gasteiger partial charge on any atom is -0.344 e. The molecule has 2 amide bonds. The molecule has 1 aromatic rings. The maximum atomic E-state index is 11.5. The second-order valence-corrected chi connectivity index (χ2v) is 3.77. The molecule has 0 spiro atoms. The van der Waals surface area contributed by atoms with Gasteiger partial charge in [0.05, 0.1) is 0 Å². The van der Waals surface area contributed by atoms with Crippen LogP contribution in [0.1, 0.15) is 11.1 Å². The zero-order chi connectivity index (χ0) is 12.8. The summed E-state index contributed by atoms with van der Waals surface area (Å²) in [6.45, 7) is 7.58. The van der Waals surface area contributed by atoms with Gasteiger partial charge in [-0.05, 0) is 25.5 Å². The Balaban J connectivity index is 2.67. The van der Waals surface area contributed by atoms with Crippen molar-refractivity contribution in [2.45, 2.75) is 13.8 Å². The maximum absolute atomic E-state index is 11.5. The average Bonchev–Trinajstić information content (AvgIpc) is 2.29. The van der Waals surface area contributed by atoms with Gasteiger partial charge < -0.3 is 10.6 Å². The molecular formula is C13H16N2O2. The van der Waals surface area contributed by atoms with Crippen LogP contribution in [0.25, 0.3) is 0 Å². The summed E-state index contributed by atoms with van der Waals surface area (Å²) in [7, 11) is 0. The molecule has 1 rings (SSSR count). The van der Waals surface area contributed by atoms with Crippen LogP contribution in [0.15, 0.2) is 30.9 Å². The van der Waals surface area contributed by atoms with Gasteiger partial charge in [-0.1, -0.05) is 23.8 Å². The van der Waals surface area contributed by atoms with Crippen LogP contribution in [-0.4, -0.2) is 18.4 Å². The first-order valence-corrected chi connectivity index (χ1v) is 5.32. The lowest BCUT2D eigenvalue weighted by Crippen LogP contribution is -2.35. The van der Waals surface area contributed by atoms with Crippen molar-refractivity contribution in [3.8, 4) is 0 Å². The highest BCUT2D eigenvalue weighted by molar-refractivity contribution is 6.39. The minimum absolute atomic E-state index is 0.277. The first-order chi connectivity index (χ1) is 8.04. The van der Waals surface area contributed by atoms with Crippen molar-refractivity contribution >= 4 is 17.5 Å². The molecule has 1 aromatic carbocycles. The summed E-state index contributed by atoms with van der Waals surface area (Å²) in [6.07, 6.45) is 1.52. The smallest absolute Gasteiger partial charge is 0.313 e. The number of carbonyl (C=O) groups is 2. The molecular weight excluding hydrogens is 216 g/mol. The summed E-state index contributed by atoms with van der Waals surface area (Å²) in [5, 5.41) is 4.97. The normalized spacial score (nSPS) is 9.53.